The van der Waals surface area contributed by atoms with Crippen molar-refractivity contribution in [2.24, 2.45) is 4.99 Å². The molecule has 1 atom stereocenters. The van der Waals surface area contributed by atoms with Crippen LogP contribution in [-0.2, 0) is 32.4 Å². The van der Waals surface area contributed by atoms with Crippen LogP contribution in [0.2, 0.25) is 0 Å². The molecule has 1 unspecified atom stereocenters. The van der Waals surface area contributed by atoms with E-state index in [4.69, 9.17) is 40.3 Å². The average Bonchev–Trinajstić information content (AvgIpc) is 3.56. The minimum atomic E-state index is -5.11. The number of benzene rings is 5. The summed E-state index contributed by atoms with van der Waals surface area (Å²) in [4.78, 5) is 19.3. The van der Waals surface area contributed by atoms with Crippen LogP contribution in [0.15, 0.2) is 138 Å². The summed E-state index contributed by atoms with van der Waals surface area (Å²) >= 11 is 6.84. The standard InChI is InChI=1S/C56H51ClF5N7O5/c1-33-26-45(67(27-35-9-17-39(70-3)18-10-35)28-36-11-19-40(71-4)20-12-36)66-51(48(33)56(60,61)62)46-49(58)52-47-53(50(46)59)74-44(57)31-69(55(47)65-32-64-52)34(2)43-8-7-25-63-54(43)68(29-37-13-21-41(72-5)22-14-37)30-38-15-23-42(73-6)24-16-38/h7-26,31,34,65H,27-30,32H2,1-6H3. The number of aryl methyl sites for hydroxylation is 1. The van der Waals surface area contributed by atoms with E-state index < -0.39 is 51.8 Å². The number of nitrogens with zero attached hydrogens (tertiary/aromatic N) is 6. The summed E-state index contributed by atoms with van der Waals surface area (Å²) in [6.45, 7) is 3.98. The van der Waals surface area contributed by atoms with E-state index in [0.717, 1.165) is 22.3 Å². The maximum absolute atomic E-state index is 17.7. The van der Waals surface area contributed by atoms with Gasteiger partial charge >= 0.3 is 6.18 Å². The number of methoxy groups -OCH3 is 4. The largest absolute Gasteiger partial charge is 0.497 e. The Kier molecular flexibility index (Phi) is 14.8. The first-order chi connectivity index (χ1) is 35.7. The summed E-state index contributed by atoms with van der Waals surface area (Å²) in [5.74, 6) is -0.117. The first-order valence-corrected chi connectivity index (χ1v) is 23.8. The number of hydrogen-bond donors (Lipinski definition) is 1. The van der Waals surface area contributed by atoms with Gasteiger partial charge in [-0.05, 0) is 114 Å². The molecule has 1 N–H and O–H groups in total. The van der Waals surface area contributed by atoms with E-state index in [1.165, 1.54) is 33.4 Å². The molecule has 9 rings (SSSR count). The van der Waals surface area contributed by atoms with Crippen molar-refractivity contribution < 1.29 is 45.6 Å². The van der Waals surface area contributed by atoms with Crippen LogP contribution in [0.4, 0.5) is 33.6 Å². The van der Waals surface area contributed by atoms with Crippen molar-refractivity contribution in [3.8, 4) is 40.0 Å². The molecular weight excluding hydrogens is 981 g/mol. The molecule has 2 aliphatic heterocycles. The van der Waals surface area contributed by atoms with Crippen molar-refractivity contribution in [2.75, 3.05) is 44.9 Å². The zero-order valence-corrected chi connectivity index (χ0v) is 42.0. The van der Waals surface area contributed by atoms with Crippen LogP contribution in [0.25, 0.3) is 17.1 Å². The first-order valence-electron chi connectivity index (χ1n) is 23.4. The van der Waals surface area contributed by atoms with Gasteiger partial charge in [0, 0.05) is 37.9 Å². The second-order valence-electron chi connectivity index (χ2n) is 17.6. The van der Waals surface area contributed by atoms with E-state index in [0.29, 0.717) is 47.5 Å². The van der Waals surface area contributed by atoms with Gasteiger partial charge in [0.25, 0.3) is 0 Å². The second kappa shape index (κ2) is 21.6. The van der Waals surface area contributed by atoms with Crippen LogP contribution < -0.4 is 49.4 Å². The lowest BCUT2D eigenvalue weighted by atomic mass is 9.98. The van der Waals surface area contributed by atoms with Crippen LogP contribution in [0.3, 0.4) is 0 Å². The molecule has 7 aromatic rings. The summed E-state index contributed by atoms with van der Waals surface area (Å²) in [5, 5.41) is 2.16. The van der Waals surface area contributed by atoms with Gasteiger partial charge in [-0.1, -0.05) is 54.6 Å². The van der Waals surface area contributed by atoms with Gasteiger partial charge in [0.05, 0.1) is 62.7 Å². The van der Waals surface area contributed by atoms with Crippen LogP contribution in [-0.4, -0.2) is 50.0 Å². The monoisotopic (exact) mass is 1030 g/mol. The third-order valence-electron chi connectivity index (χ3n) is 12.9. The quantitative estimate of drug-likeness (QED) is 0.0882. The zero-order chi connectivity index (χ0) is 52.3. The van der Waals surface area contributed by atoms with Crippen molar-refractivity contribution in [2.45, 2.75) is 52.2 Å². The fourth-order valence-corrected chi connectivity index (χ4v) is 9.35. The fourth-order valence-electron chi connectivity index (χ4n) is 9.17. The van der Waals surface area contributed by atoms with E-state index in [-0.39, 0.29) is 47.4 Å². The molecule has 2 aliphatic rings. The van der Waals surface area contributed by atoms with Crippen LogP contribution in [0.1, 0.15) is 51.9 Å². The molecule has 5 aromatic carbocycles. The van der Waals surface area contributed by atoms with Gasteiger partial charge in [-0.2, -0.15) is 13.2 Å². The third-order valence-corrected chi connectivity index (χ3v) is 13.1. The summed E-state index contributed by atoms with van der Waals surface area (Å²) in [5.41, 5.74) is 0.417. The van der Waals surface area contributed by atoms with Crippen LogP contribution >= 0.6 is 11.6 Å². The number of hydrogen-bond acceptors (Lipinski definition) is 12. The maximum Gasteiger partial charge on any atom is 0.418 e. The first kappa shape index (κ1) is 50.9. The predicted molar refractivity (Wildman–Crippen MR) is 272 cm³/mol. The molecule has 4 heterocycles. The van der Waals surface area contributed by atoms with Gasteiger partial charge in [0.15, 0.2) is 17.4 Å². The summed E-state index contributed by atoms with van der Waals surface area (Å²) in [6.07, 6.45) is -2.02. The van der Waals surface area contributed by atoms with Crippen molar-refractivity contribution >= 4 is 29.1 Å². The SMILES string of the molecule is COc1ccc(CN(Cc2ccc(OC)cc2)c2cc(C)c(C(F)(F)F)c(-c3c(F)c4c5c(c3F)=NCNC=5N(C(C)c3cccnc3N(Cc3ccc(OC)cc3)Cc3ccc(OC)cc3)C=C(Cl)O4)n2)cc1. The minimum Gasteiger partial charge on any atom is -0.497 e. The molecule has 0 spiro atoms. The number of alkyl halides is 3. The molecule has 18 heteroatoms. The number of nitrogens with one attached hydrogen (secondary N) is 1. The summed E-state index contributed by atoms with van der Waals surface area (Å²) < 4.78 is 109. The molecule has 0 radical (unpaired) electrons. The normalized spacial score (nSPS) is 13.3. The highest BCUT2D eigenvalue weighted by molar-refractivity contribution is 6.28. The van der Waals surface area contributed by atoms with Crippen molar-refractivity contribution in [1.29, 1.82) is 0 Å². The molecule has 0 saturated heterocycles. The van der Waals surface area contributed by atoms with Gasteiger partial charge in [-0.3, -0.25) is 4.99 Å². The molecule has 0 fully saturated rings. The van der Waals surface area contributed by atoms with Crippen molar-refractivity contribution in [3.63, 3.8) is 0 Å². The highest BCUT2D eigenvalue weighted by Crippen LogP contribution is 2.43. The summed E-state index contributed by atoms with van der Waals surface area (Å²) in [6, 6.07) is 33.9. The number of aromatic nitrogens is 2. The van der Waals surface area contributed by atoms with Crippen LogP contribution in [0.5, 0.6) is 28.7 Å². The Bertz CT molecular complexity index is 3230. The molecule has 2 aromatic heterocycles. The Labute approximate surface area is 429 Å². The highest BCUT2D eigenvalue weighted by Gasteiger charge is 2.41. The number of halogens is 6. The van der Waals surface area contributed by atoms with E-state index in [9.17, 15) is 0 Å². The van der Waals surface area contributed by atoms with Gasteiger partial charge < -0.3 is 43.7 Å². The number of pyridine rings is 2. The van der Waals surface area contributed by atoms with Crippen molar-refractivity contribution in [3.05, 3.63) is 194 Å². The van der Waals surface area contributed by atoms with Gasteiger partial charge in [-0.25, -0.2) is 18.7 Å². The van der Waals surface area contributed by atoms with Crippen LogP contribution in [0, 0.1) is 18.6 Å². The lowest BCUT2D eigenvalue weighted by molar-refractivity contribution is -0.137. The van der Waals surface area contributed by atoms with Crippen molar-refractivity contribution in [1.82, 2.24) is 20.2 Å². The maximum atomic E-state index is 17.7. The zero-order valence-electron chi connectivity index (χ0n) is 41.2. The van der Waals surface area contributed by atoms with E-state index in [1.54, 1.807) is 60.5 Å². The summed E-state index contributed by atoms with van der Waals surface area (Å²) in [7, 11) is 6.27. The lowest BCUT2D eigenvalue weighted by Crippen LogP contribution is -2.46. The molecule has 0 amide bonds. The van der Waals surface area contributed by atoms with Gasteiger partial charge in [0.1, 0.15) is 52.5 Å². The Balaban J connectivity index is 1.17. The highest BCUT2D eigenvalue weighted by atomic mass is 35.5. The average molecular weight is 1030 g/mol. The molecule has 0 aliphatic carbocycles. The Hall–Kier alpha value is -8.05. The topological polar surface area (TPSA) is 106 Å². The molecule has 12 nitrogen and oxygen atoms in total. The van der Waals surface area contributed by atoms with E-state index in [2.05, 4.69) is 20.2 Å². The Morgan fingerprint density at radius 3 is 1.68 bits per heavy atom. The van der Waals surface area contributed by atoms with E-state index in [1.807, 2.05) is 85.8 Å². The number of ether oxygens (including phenoxy) is 5. The smallest absolute Gasteiger partial charge is 0.418 e. The molecule has 74 heavy (non-hydrogen) atoms. The minimum absolute atomic E-state index is 0.0181. The molecule has 0 bridgehead atoms. The Morgan fingerprint density at radius 1 is 0.716 bits per heavy atom. The van der Waals surface area contributed by atoms with Gasteiger partial charge in [-0.15, -0.1) is 0 Å². The fraction of sp³-hybridized carbons (Fsp3) is 0.232. The second-order valence-corrected chi connectivity index (χ2v) is 17.9. The molecular formula is C56H51ClF5N7O5. The molecule has 382 valence electrons. The number of anilines is 2. The Morgan fingerprint density at radius 2 is 1.20 bits per heavy atom. The number of rotatable bonds is 17. The van der Waals surface area contributed by atoms with E-state index >= 15 is 22.0 Å². The lowest BCUT2D eigenvalue weighted by Gasteiger charge is -2.34. The third kappa shape index (κ3) is 10.6. The predicted octanol–water partition coefficient (Wildman–Crippen LogP) is 10.9. The molecule has 0 saturated carbocycles. The van der Waals surface area contributed by atoms with Gasteiger partial charge in [0.2, 0.25) is 5.22 Å².